The Morgan fingerprint density at radius 1 is 1.06 bits per heavy atom. The minimum absolute atomic E-state index is 0.453. The van der Waals surface area contributed by atoms with E-state index in [0.717, 1.165) is 5.56 Å². The fourth-order valence-electron chi connectivity index (χ4n) is 1.46. The molecule has 0 heterocycles. The van der Waals surface area contributed by atoms with Crippen LogP contribution in [0.2, 0.25) is 0 Å². The molecule has 0 fully saturated rings. The first-order valence-corrected chi connectivity index (χ1v) is 7.31. The second-order valence-electron chi connectivity index (χ2n) is 3.62. The molecule has 0 saturated heterocycles. The zero-order valence-electron chi connectivity index (χ0n) is 10.1. The lowest BCUT2D eigenvalue weighted by atomic mass is 10.2. The van der Waals surface area contributed by atoms with E-state index >= 15 is 0 Å². The number of hydrogen-bond donors (Lipinski definition) is 1. The van der Waals surface area contributed by atoms with E-state index in [4.69, 9.17) is 9.05 Å². The second kappa shape index (κ2) is 6.31. The van der Waals surface area contributed by atoms with Gasteiger partial charge in [0.25, 0.3) is 0 Å². The Morgan fingerprint density at radius 2 is 1.56 bits per heavy atom. The third-order valence-corrected chi connectivity index (χ3v) is 4.25. The number of hydrogen-bond acceptors (Lipinski definition) is 3. The van der Waals surface area contributed by atoms with Crippen molar-refractivity contribution in [2.75, 3.05) is 13.2 Å². The van der Waals surface area contributed by atoms with Crippen LogP contribution in [0.25, 0.3) is 0 Å². The third-order valence-electron chi connectivity index (χ3n) is 2.16. The summed E-state index contributed by atoms with van der Waals surface area (Å²) in [7, 11) is -2.71. The highest BCUT2D eigenvalue weighted by Crippen LogP contribution is 2.59. The van der Waals surface area contributed by atoms with Crippen LogP contribution in [-0.2, 0) is 15.2 Å². The first-order chi connectivity index (χ1) is 7.59. The summed E-state index contributed by atoms with van der Waals surface area (Å²) in [6.07, 6.45) is 0.453. The van der Waals surface area contributed by atoms with Crippen LogP contribution in [0.4, 0.5) is 0 Å². The molecule has 0 aromatic heterocycles. The molecular formula is C12H20O3P+. The van der Waals surface area contributed by atoms with E-state index in [-0.39, 0.29) is 0 Å². The van der Waals surface area contributed by atoms with E-state index in [2.05, 4.69) is 0 Å². The van der Waals surface area contributed by atoms with Gasteiger partial charge < -0.3 is 0 Å². The molecule has 1 rings (SSSR count). The van der Waals surface area contributed by atoms with E-state index in [1.54, 1.807) is 0 Å². The Bertz CT molecular complexity index is 305. The quantitative estimate of drug-likeness (QED) is 0.779. The number of benzene rings is 1. The Balaban J connectivity index is 2.70. The number of aryl methyl sites for hydroxylation is 1. The average Bonchev–Trinajstić information content (AvgIpc) is 2.22. The highest BCUT2D eigenvalue weighted by Gasteiger charge is 2.39. The molecule has 1 aromatic rings. The van der Waals surface area contributed by atoms with Crippen LogP contribution in [0.5, 0.6) is 0 Å². The maximum Gasteiger partial charge on any atom is 0.413 e. The first kappa shape index (κ1) is 13.6. The summed E-state index contributed by atoms with van der Waals surface area (Å²) < 4.78 is 10.7. The van der Waals surface area contributed by atoms with Gasteiger partial charge in [-0.3, -0.25) is 0 Å². The van der Waals surface area contributed by atoms with Crippen molar-refractivity contribution in [2.45, 2.75) is 26.9 Å². The van der Waals surface area contributed by atoms with Crippen LogP contribution in [-0.4, -0.2) is 18.1 Å². The lowest BCUT2D eigenvalue weighted by molar-refractivity contribution is 0.188. The van der Waals surface area contributed by atoms with Crippen molar-refractivity contribution < 1.29 is 13.9 Å². The van der Waals surface area contributed by atoms with Gasteiger partial charge in [-0.1, -0.05) is 29.8 Å². The summed E-state index contributed by atoms with van der Waals surface area (Å²) in [5, 5.41) is 0. The Labute approximate surface area is 98.0 Å². The molecule has 1 N–H and O–H groups in total. The summed E-state index contributed by atoms with van der Waals surface area (Å²) >= 11 is 0. The lowest BCUT2D eigenvalue weighted by Crippen LogP contribution is -2.05. The molecule has 4 heteroatoms. The van der Waals surface area contributed by atoms with Crippen molar-refractivity contribution in [1.82, 2.24) is 0 Å². The highest BCUT2D eigenvalue weighted by molar-refractivity contribution is 7.59. The summed E-state index contributed by atoms with van der Waals surface area (Å²) in [5.74, 6) is 0. The molecule has 0 amide bonds. The van der Waals surface area contributed by atoms with Crippen molar-refractivity contribution in [2.24, 2.45) is 0 Å². The van der Waals surface area contributed by atoms with Crippen molar-refractivity contribution in [1.29, 1.82) is 0 Å². The summed E-state index contributed by atoms with van der Waals surface area (Å²) in [4.78, 5) is 10.2. The largest absolute Gasteiger partial charge is 0.413 e. The maximum atomic E-state index is 10.2. The zero-order valence-corrected chi connectivity index (χ0v) is 11.0. The van der Waals surface area contributed by atoms with Crippen LogP contribution >= 0.6 is 7.94 Å². The van der Waals surface area contributed by atoms with Gasteiger partial charge >= 0.3 is 7.94 Å². The Hall–Kier alpha value is -0.470. The lowest BCUT2D eigenvalue weighted by Gasteiger charge is -2.15. The Morgan fingerprint density at radius 3 is 2.00 bits per heavy atom. The SMILES string of the molecule is CCO[P+](O)(Cc1ccc(C)cc1)OCC. The number of rotatable bonds is 6. The van der Waals surface area contributed by atoms with Gasteiger partial charge in [-0.05, 0) is 26.3 Å². The second-order valence-corrected chi connectivity index (χ2v) is 5.72. The van der Waals surface area contributed by atoms with Gasteiger partial charge in [0, 0.05) is 0 Å². The summed E-state index contributed by atoms with van der Waals surface area (Å²) in [6.45, 7) is 6.70. The standard InChI is InChI=1S/C12H20O3P/c1-4-14-16(13,15-5-2)10-12-8-6-11(3)7-9-12/h6-9,13H,4-5,10H2,1-3H3/q+1. The fourth-order valence-corrected chi connectivity index (χ4v) is 3.19. The molecule has 0 saturated carbocycles. The molecule has 0 unspecified atom stereocenters. The van der Waals surface area contributed by atoms with Crippen LogP contribution in [0.3, 0.4) is 0 Å². The van der Waals surface area contributed by atoms with Crippen LogP contribution < -0.4 is 0 Å². The van der Waals surface area contributed by atoms with Crippen LogP contribution in [0, 0.1) is 6.92 Å². The average molecular weight is 243 g/mol. The van der Waals surface area contributed by atoms with Crippen molar-refractivity contribution in [3.8, 4) is 0 Å². The predicted molar refractivity (Wildman–Crippen MR) is 67.3 cm³/mol. The zero-order chi connectivity index (χ0) is 12.0. The van der Waals surface area contributed by atoms with Crippen molar-refractivity contribution in [3.63, 3.8) is 0 Å². The van der Waals surface area contributed by atoms with E-state index in [1.807, 2.05) is 45.0 Å². The van der Waals surface area contributed by atoms with Crippen LogP contribution in [0.15, 0.2) is 24.3 Å². The van der Waals surface area contributed by atoms with E-state index in [9.17, 15) is 4.89 Å². The maximum absolute atomic E-state index is 10.2. The van der Waals surface area contributed by atoms with Gasteiger partial charge in [-0.25, -0.2) is 0 Å². The Kier molecular flexibility index (Phi) is 5.36. The smallest absolute Gasteiger partial charge is 0.192 e. The summed E-state index contributed by atoms with van der Waals surface area (Å²) in [5.41, 5.74) is 2.25. The molecule has 90 valence electrons. The molecule has 0 aliphatic rings. The predicted octanol–water partition coefficient (Wildman–Crippen LogP) is 3.32. The van der Waals surface area contributed by atoms with Gasteiger partial charge in [-0.15, -0.1) is 0 Å². The molecule has 16 heavy (non-hydrogen) atoms. The normalized spacial score (nSPS) is 11.8. The monoisotopic (exact) mass is 243 g/mol. The molecule has 0 aliphatic carbocycles. The molecule has 1 aromatic carbocycles. The first-order valence-electron chi connectivity index (χ1n) is 5.55. The third kappa shape index (κ3) is 4.18. The molecule has 0 aliphatic heterocycles. The molecule has 0 bridgehead atoms. The van der Waals surface area contributed by atoms with E-state index in [0.29, 0.717) is 19.4 Å². The van der Waals surface area contributed by atoms with Gasteiger partial charge in [-0.2, -0.15) is 13.9 Å². The van der Waals surface area contributed by atoms with Crippen molar-refractivity contribution in [3.05, 3.63) is 35.4 Å². The molecule has 0 radical (unpaired) electrons. The molecule has 0 spiro atoms. The van der Waals surface area contributed by atoms with Gasteiger partial charge in [0.1, 0.15) is 0 Å². The minimum Gasteiger partial charge on any atom is -0.192 e. The topological polar surface area (TPSA) is 38.7 Å². The van der Waals surface area contributed by atoms with Gasteiger partial charge in [0.15, 0.2) is 6.16 Å². The molecule has 3 nitrogen and oxygen atoms in total. The van der Waals surface area contributed by atoms with Gasteiger partial charge in [0.05, 0.1) is 13.2 Å². The molecule has 0 atom stereocenters. The van der Waals surface area contributed by atoms with Gasteiger partial charge in [0.2, 0.25) is 0 Å². The van der Waals surface area contributed by atoms with Crippen LogP contribution in [0.1, 0.15) is 25.0 Å². The van der Waals surface area contributed by atoms with E-state index < -0.39 is 7.94 Å². The van der Waals surface area contributed by atoms with Crippen molar-refractivity contribution >= 4 is 7.94 Å². The minimum atomic E-state index is -2.71. The fraction of sp³-hybridized carbons (Fsp3) is 0.500. The highest BCUT2D eigenvalue weighted by atomic mass is 31.2. The molecular weight excluding hydrogens is 223 g/mol. The van der Waals surface area contributed by atoms with E-state index in [1.165, 1.54) is 5.56 Å². The summed E-state index contributed by atoms with van der Waals surface area (Å²) in [6, 6.07) is 8.05.